The Morgan fingerprint density at radius 3 is 3.09 bits per heavy atom. The van der Waals surface area contributed by atoms with Gasteiger partial charge < -0.3 is 0 Å². The Hall–Kier alpha value is -0.940. The first-order chi connectivity index (χ1) is 5.22. The van der Waals surface area contributed by atoms with Crippen LogP contribution in [0.2, 0.25) is 0 Å². The van der Waals surface area contributed by atoms with Crippen LogP contribution < -0.4 is 11.3 Å². The van der Waals surface area contributed by atoms with Crippen LogP contribution in [0.1, 0.15) is 9.88 Å². The Labute approximate surface area is 68.4 Å². The van der Waals surface area contributed by atoms with E-state index in [2.05, 4.69) is 10.4 Å². The molecule has 11 heavy (non-hydrogen) atoms. The minimum atomic E-state index is -0.209. The third-order valence-corrected chi connectivity index (χ3v) is 2.05. The summed E-state index contributed by atoms with van der Waals surface area (Å²) in [6.07, 6.45) is 2.01. The standard InChI is InChI=1S/C6H9N3OS/c1-4-3-8-6(11-4)2-5(10)9-7/h3H,2,7H2,1H3,(H,9,10). The van der Waals surface area contributed by atoms with E-state index in [9.17, 15) is 4.79 Å². The summed E-state index contributed by atoms with van der Waals surface area (Å²) in [5.74, 6) is 4.70. The molecule has 0 unspecified atom stereocenters. The number of aryl methyl sites for hydroxylation is 1. The molecule has 1 aromatic rings. The van der Waals surface area contributed by atoms with E-state index in [1.807, 2.05) is 6.92 Å². The van der Waals surface area contributed by atoms with E-state index in [-0.39, 0.29) is 12.3 Å². The minimum Gasteiger partial charge on any atom is -0.294 e. The van der Waals surface area contributed by atoms with Crippen LogP contribution in [0.15, 0.2) is 6.20 Å². The third-order valence-electron chi connectivity index (χ3n) is 1.14. The van der Waals surface area contributed by atoms with Crippen LogP contribution in [-0.2, 0) is 11.2 Å². The molecule has 0 aliphatic carbocycles. The zero-order valence-corrected chi connectivity index (χ0v) is 6.94. The highest BCUT2D eigenvalue weighted by Crippen LogP contribution is 2.10. The van der Waals surface area contributed by atoms with E-state index in [1.165, 1.54) is 11.3 Å². The number of hydrogen-bond acceptors (Lipinski definition) is 4. The van der Waals surface area contributed by atoms with Crippen LogP contribution in [0.3, 0.4) is 0 Å². The molecule has 1 aromatic heterocycles. The second kappa shape index (κ2) is 3.45. The quantitative estimate of drug-likeness (QED) is 0.373. The predicted octanol–water partition coefficient (Wildman–Crippen LogP) is -0.0161. The largest absolute Gasteiger partial charge is 0.294 e. The summed E-state index contributed by atoms with van der Waals surface area (Å²) in [7, 11) is 0. The van der Waals surface area contributed by atoms with Gasteiger partial charge in [-0.25, -0.2) is 10.8 Å². The molecule has 0 saturated heterocycles. The molecule has 0 aliphatic rings. The van der Waals surface area contributed by atoms with Gasteiger partial charge in [0.25, 0.3) is 0 Å². The van der Waals surface area contributed by atoms with Gasteiger partial charge in [-0.2, -0.15) is 0 Å². The first-order valence-electron chi connectivity index (χ1n) is 3.13. The molecule has 3 N–H and O–H groups in total. The molecule has 1 heterocycles. The highest BCUT2D eigenvalue weighted by molar-refractivity contribution is 7.11. The highest BCUT2D eigenvalue weighted by Gasteiger charge is 2.03. The van der Waals surface area contributed by atoms with Gasteiger partial charge in [0.15, 0.2) is 0 Å². The van der Waals surface area contributed by atoms with E-state index < -0.39 is 0 Å². The Balaban J connectivity index is 2.57. The van der Waals surface area contributed by atoms with Crippen molar-refractivity contribution in [3.8, 4) is 0 Å². The van der Waals surface area contributed by atoms with Crippen molar-refractivity contribution in [3.63, 3.8) is 0 Å². The molecule has 0 aromatic carbocycles. The number of nitrogens with two attached hydrogens (primary N) is 1. The molecular formula is C6H9N3OS. The Morgan fingerprint density at radius 2 is 2.64 bits per heavy atom. The molecule has 0 fully saturated rings. The third kappa shape index (κ3) is 2.28. The summed E-state index contributed by atoms with van der Waals surface area (Å²) in [4.78, 5) is 15.8. The van der Waals surface area contributed by atoms with E-state index in [0.29, 0.717) is 0 Å². The second-order valence-corrected chi connectivity index (χ2v) is 3.43. The highest BCUT2D eigenvalue weighted by atomic mass is 32.1. The van der Waals surface area contributed by atoms with Crippen LogP contribution >= 0.6 is 11.3 Å². The molecule has 0 bridgehead atoms. The number of carbonyl (C=O) groups excluding carboxylic acids is 1. The van der Waals surface area contributed by atoms with Crippen molar-refractivity contribution in [1.29, 1.82) is 0 Å². The van der Waals surface area contributed by atoms with Crippen LogP contribution in [0.25, 0.3) is 0 Å². The summed E-state index contributed by atoms with van der Waals surface area (Å²) < 4.78 is 0. The Morgan fingerprint density at radius 1 is 1.91 bits per heavy atom. The second-order valence-electron chi connectivity index (χ2n) is 2.11. The van der Waals surface area contributed by atoms with Crippen LogP contribution in [-0.4, -0.2) is 10.9 Å². The number of carbonyl (C=O) groups is 1. The lowest BCUT2D eigenvalue weighted by Crippen LogP contribution is -2.31. The summed E-state index contributed by atoms with van der Waals surface area (Å²) in [5.41, 5.74) is 2.05. The van der Waals surface area contributed by atoms with Gasteiger partial charge in [-0.3, -0.25) is 10.2 Å². The number of rotatable bonds is 2. The molecule has 0 aliphatic heterocycles. The monoisotopic (exact) mass is 171 g/mol. The molecule has 0 atom stereocenters. The van der Waals surface area contributed by atoms with Gasteiger partial charge in [-0.15, -0.1) is 11.3 Å². The van der Waals surface area contributed by atoms with Crippen molar-refractivity contribution in [2.75, 3.05) is 0 Å². The average Bonchev–Trinajstić information content (AvgIpc) is 2.35. The maximum absolute atomic E-state index is 10.7. The summed E-state index contributed by atoms with van der Waals surface area (Å²) in [6, 6.07) is 0. The van der Waals surface area contributed by atoms with Crippen LogP contribution in [0.5, 0.6) is 0 Å². The zero-order chi connectivity index (χ0) is 8.27. The fraction of sp³-hybridized carbons (Fsp3) is 0.333. The number of hydrazine groups is 1. The number of nitrogens with zero attached hydrogens (tertiary/aromatic N) is 1. The maximum atomic E-state index is 10.7. The molecule has 1 rings (SSSR count). The van der Waals surface area contributed by atoms with Crippen LogP contribution in [0, 0.1) is 6.92 Å². The van der Waals surface area contributed by atoms with Gasteiger partial charge in [-0.1, -0.05) is 0 Å². The summed E-state index contributed by atoms with van der Waals surface area (Å²) in [5, 5.41) is 0.797. The molecule has 0 spiro atoms. The molecule has 0 radical (unpaired) electrons. The zero-order valence-electron chi connectivity index (χ0n) is 6.13. The molecule has 5 heteroatoms. The normalized spacial score (nSPS) is 9.64. The van der Waals surface area contributed by atoms with Crippen molar-refractivity contribution in [1.82, 2.24) is 10.4 Å². The smallest absolute Gasteiger partial charge is 0.240 e. The first kappa shape index (κ1) is 8.16. The fourth-order valence-corrected chi connectivity index (χ4v) is 1.46. The maximum Gasteiger partial charge on any atom is 0.240 e. The van der Waals surface area contributed by atoms with Gasteiger partial charge >= 0.3 is 0 Å². The van der Waals surface area contributed by atoms with Crippen molar-refractivity contribution in [2.24, 2.45) is 5.84 Å². The molecule has 1 amide bonds. The molecule has 60 valence electrons. The van der Waals surface area contributed by atoms with Gasteiger partial charge in [0, 0.05) is 11.1 Å². The topological polar surface area (TPSA) is 68.0 Å². The van der Waals surface area contributed by atoms with E-state index in [4.69, 9.17) is 5.84 Å². The molecular weight excluding hydrogens is 162 g/mol. The predicted molar refractivity (Wildman–Crippen MR) is 42.9 cm³/mol. The van der Waals surface area contributed by atoms with Crippen molar-refractivity contribution in [2.45, 2.75) is 13.3 Å². The van der Waals surface area contributed by atoms with Crippen molar-refractivity contribution < 1.29 is 4.79 Å². The van der Waals surface area contributed by atoms with Gasteiger partial charge in [-0.05, 0) is 6.92 Å². The van der Waals surface area contributed by atoms with Gasteiger partial charge in [0.05, 0.1) is 6.42 Å². The van der Waals surface area contributed by atoms with E-state index in [1.54, 1.807) is 6.20 Å². The SMILES string of the molecule is Cc1cnc(CC(=O)NN)s1. The lowest BCUT2D eigenvalue weighted by atomic mass is 10.4. The summed E-state index contributed by atoms with van der Waals surface area (Å²) in [6.45, 7) is 1.95. The minimum absolute atomic E-state index is 0.209. The number of thiazole rings is 1. The average molecular weight is 171 g/mol. The fourth-order valence-electron chi connectivity index (χ4n) is 0.672. The van der Waals surface area contributed by atoms with Crippen molar-refractivity contribution >= 4 is 17.2 Å². The lowest BCUT2D eigenvalue weighted by molar-refractivity contribution is -0.120. The Bertz CT molecular complexity index is 258. The van der Waals surface area contributed by atoms with Gasteiger partial charge in [0.2, 0.25) is 5.91 Å². The van der Waals surface area contributed by atoms with Crippen LogP contribution in [0.4, 0.5) is 0 Å². The molecule has 0 saturated carbocycles. The number of nitrogens with one attached hydrogen (secondary N) is 1. The molecule has 4 nitrogen and oxygen atoms in total. The summed E-state index contributed by atoms with van der Waals surface area (Å²) >= 11 is 1.50. The van der Waals surface area contributed by atoms with Gasteiger partial charge in [0.1, 0.15) is 5.01 Å². The first-order valence-corrected chi connectivity index (χ1v) is 3.95. The van der Waals surface area contributed by atoms with E-state index in [0.717, 1.165) is 9.88 Å². The van der Waals surface area contributed by atoms with E-state index >= 15 is 0 Å². The number of aromatic nitrogens is 1. The lowest BCUT2D eigenvalue weighted by Gasteiger charge is -1.93. The van der Waals surface area contributed by atoms with Crippen molar-refractivity contribution in [3.05, 3.63) is 16.1 Å². The number of amides is 1. The Kier molecular flexibility index (Phi) is 2.56. The number of hydrogen-bond donors (Lipinski definition) is 2.